The Balaban J connectivity index is 0.000000397. The summed E-state index contributed by atoms with van der Waals surface area (Å²) in [5.74, 6) is 1.63. The minimum absolute atomic E-state index is 0.208. The summed E-state index contributed by atoms with van der Waals surface area (Å²) < 4.78 is 0. The molecule has 148 valence electrons. The molecule has 0 spiro atoms. The molecule has 0 saturated carbocycles. The summed E-state index contributed by atoms with van der Waals surface area (Å²) in [7, 11) is 0. The zero-order valence-electron chi connectivity index (χ0n) is 15.4. The van der Waals surface area contributed by atoms with Gasteiger partial charge in [0.2, 0.25) is 0 Å². The second-order valence-electron chi connectivity index (χ2n) is 5.31. The molecule has 7 heteroatoms. The minimum Gasteiger partial charge on any atom is -0.478 e. The van der Waals surface area contributed by atoms with E-state index < -0.39 is 29.9 Å². The summed E-state index contributed by atoms with van der Waals surface area (Å²) >= 11 is 0. The molecule has 2 rings (SSSR count). The molecule has 2 aromatic rings. The van der Waals surface area contributed by atoms with Crippen molar-refractivity contribution in [2.45, 2.75) is 26.1 Å². The second kappa shape index (κ2) is 13.7. The first kappa shape index (κ1) is 24.5. The number of carboxylic acids is 2. The van der Waals surface area contributed by atoms with Crippen molar-refractivity contribution in [1.82, 2.24) is 0 Å². The van der Waals surface area contributed by atoms with Crippen LogP contribution >= 0.6 is 0 Å². The van der Waals surface area contributed by atoms with Crippen LogP contribution in [-0.2, 0) is 4.79 Å². The summed E-state index contributed by atoms with van der Waals surface area (Å²) in [6, 6.07) is 16.2. The van der Waals surface area contributed by atoms with Crippen molar-refractivity contribution in [3.8, 4) is 11.8 Å². The van der Waals surface area contributed by atoms with Crippen molar-refractivity contribution in [2.24, 2.45) is 0 Å². The number of rotatable bonds is 3. The summed E-state index contributed by atoms with van der Waals surface area (Å²) in [5.41, 5.74) is 0.539. The van der Waals surface area contributed by atoms with Crippen LogP contribution in [0.2, 0.25) is 0 Å². The second-order valence-corrected chi connectivity index (χ2v) is 5.31. The summed E-state index contributed by atoms with van der Waals surface area (Å²) in [6.45, 7) is 3.10. The Kier molecular flexibility index (Phi) is 12.0. The van der Waals surface area contributed by atoms with Crippen LogP contribution < -0.4 is 0 Å². The summed E-state index contributed by atoms with van der Waals surface area (Å²) in [5, 5.41) is 33.7. The zero-order valence-corrected chi connectivity index (χ0v) is 15.4. The number of aliphatic hydroxyl groups is 2. The third-order valence-corrected chi connectivity index (χ3v) is 2.75. The number of carbonyl (C=O) groups excluding carboxylic acids is 1. The Labute approximate surface area is 162 Å². The number of carbonyl (C=O) groups is 3. The van der Waals surface area contributed by atoms with Gasteiger partial charge in [-0.05, 0) is 26.0 Å². The molecule has 2 aromatic carbocycles. The molecule has 0 saturated heterocycles. The van der Waals surface area contributed by atoms with Gasteiger partial charge >= 0.3 is 11.9 Å². The average Bonchev–Trinajstić information content (AvgIpc) is 2.68. The molecule has 0 aliphatic rings. The molecule has 0 bridgehead atoms. The topological polar surface area (TPSA) is 132 Å². The third kappa shape index (κ3) is 12.0. The Hall–Kier alpha value is -3.47. The van der Waals surface area contributed by atoms with Crippen molar-refractivity contribution < 1.29 is 34.8 Å². The number of ketones is 1. The standard InChI is InChI=1S/C8H6O3.C7H6O2.C6H10O2/c9-7(8(10)11)6-4-2-1-3-5-6;8-7(9)6-4-2-1-3-5-6;1-5(7)3-4-6(2)8/h1-5H,(H,10,11);1-5H,(H,8,9);5-8H,1-2H3. The van der Waals surface area contributed by atoms with E-state index in [-0.39, 0.29) is 5.56 Å². The maximum atomic E-state index is 10.7. The maximum Gasteiger partial charge on any atom is 0.377 e. The molecule has 2 unspecified atom stereocenters. The maximum absolute atomic E-state index is 10.7. The van der Waals surface area contributed by atoms with E-state index in [1.54, 1.807) is 62.4 Å². The molecule has 28 heavy (non-hydrogen) atoms. The molecule has 0 aromatic heterocycles. The number of benzene rings is 2. The van der Waals surface area contributed by atoms with E-state index in [1.165, 1.54) is 12.1 Å². The van der Waals surface area contributed by atoms with Gasteiger partial charge in [-0.1, -0.05) is 60.4 Å². The van der Waals surface area contributed by atoms with E-state index in [1.807, 2.05) is 0 Å². The molecular formula is C21H22O7. The summed E-state index contributed by atoms with van der Waals surface area (Å²) in [6.07, 6.45) is -1.27. The Morgan fingerprint density at radius 1 is 0.714 bits per heavy atom. The molecule has 0 amide bonds. The van der Waals surface area contributed by atoms with Gasteiger partial charge in [-0.15, -0.1) is 0 Å². The van der Waals surface area contributed by atoms with Crippen molar-refractivity contribution >= 4 is 17.7 Å². The Bertz CT molecular complexity index is 789. The predicted octanol–water partition coefficient (Wildman–Crippen LogP) is 2.09. The lowest BCUT2D eigenvalue weighted by atomic mass is 10.1. The van der Waals surface area contributed by atoms with Crippen LogP contribution in [0.15, 0.2) is 60.7 Å². The molecule has 0 radical (unpaired) electrons. The number of aliphatic hydroxyl groups excluding tert-OH is 2. The molecule has 7 nitrogen and oxygen atoms in total. The first-order chi connectivity index (χ1) is 13.1. The number of hydrogen-bond donors (Lipinski definition) is 4. The molecule has 0 fully saturated rings. The van der Waals surface area contributed by atoms with Crippen LogP contribution in [0, 0.1) is 11.8 Å². The van der Waals surface area contributed by atoms with Crippen molar-refractivity contribution in [2.75, 3.05) is 0 Å². The van der Waals surface area contributed by atoms with Crippen LogP contribution in [0.3, 0.4) is 0 Å². The molecular weight excluding hydrogens is 364 g/mol. The predicted molar refractivity (Wildman–Crippen MR) is 103 cm³/mol. The average molecular weight is 386 g/mol. The highest BCUT2D eigenvalue weighted by atomic mass is 16.4. The lowest BCUT2D eigenvalue weighted by molar-refractivity contribution is -0.131. The third-order valence-electron chi connectivity index (χ3n) is 2.75. The first-order valence-electron chi connectivity index (χ1n) is 8.13. The number of Topliss-reactive ketones (excluding diaryl/α,β-unsaturated/α-hetero) is 1. The zero-order chi connectivity index (χ0) is 21.5. The van der Waals surface area contributed by atoms with Crippen LogP contribution in [0.1, 0.15) is 34.6 Å². The molecule has 4 N–H and O–H groups in total. The van der Waals surface area contributed by atoms with E-state index in [4.69, 9.17) is 20.4 Å². The van der Waals surface area contributed by atoms with E-state index >= 15 is 0 Å². The smallest absolute Gasteiger partial charge is 0.377 e. The molecule has 0 aliphatic heterocycles. The quantitative estimate of drug-likeness (QED) is 0.361. The highest BCUT2D eigenvalue weighted by Gasteiger charge is 2.12. The van der Waals surface area contributed by atoms with Crippen LogP contribution in [0.4, 0.5) is 0 Å². The number of hydrogen-bond acceptors (Lipinski definition) is 5. The number of carboxylic acid groups (broad SMARTS) is 2. The number of aliphatic carboxylic acids is 1. The first-order valence-corrected chi connectivity index (χ1v) is 8.13. The van der Waals surface area contributed by atoms with Gasteiger partial charge in [0.05, 0.1) is 5.56 Å². The van der Waals surface area contributed by atoms with Gasteiger partial charge in [0.1, 0.15) is 12.2 Å². The van der Waals surface area contributed by atoms with Gasteiger partial charge < -0.3 is 20.4 Å². The van der Waals surface area contributed by atoms with Gasteiger partial charge in [-0.2, -0.15) is 0 Å². The fourth-order valence-corrected chi connectivity index (χ4v) is 1.53. The van der Waals surface area contributed by atoms with Crippen LogP contribution in [-0.4, -0.2) is 50.4 Å². The number of aromatic carboxylic acids is 1. The fraction of sp³-hybridized carbons (Fsp3) is 0.190. The van der Waals surface area contributed by atoms with Crippen molar-refractivity contribution in [1.29, 1.82) is 0 Å². The highest BCUT2D eigenvalue weighted by molar-refractivity contribution is 6.39. The SMILES string of the molecule is CC(O)C#CC(C)O.O=C(O)C(=O)c1ccccc1.O=C(O)c1ccccc1. The summed E-state index contributed by atoms with van der Waals surface area (Å²) in [4.78, 5) is 31.1. The lowest BCUT2D eigenvalue weighted by Gasteiger charge is -1.91. The van der Waals surface area contributed by atoms with Crippen LogP contribution in [0.5, 0.6) is 0 Å². The Morgan fingerprint density at radius 2 is 1.07 bits per heavy atom. The Morgan fingerprint density at radius 3 is 1.32 bits per heavy atom. The van der Waals surface area contributed by atoms with Gasteiger partial charge in [0.15, 0.2) is 0 Å². The lowest BCUT2D eigenvalue weighted by Crippen LogP contribution is -2.12. The molecule has 0 heterocycles. The monoisotopic (exact) mass is 386 g/mol. The molecule has 2 atom stereocenters. The largest absolute Gasteiger partial charge is 0.478 e. The molecule has 0 aliphatic carbocycles. The highest BCUT2D eigenvalue weighted by Crippen LogP contribution is 1.99. The normalized spacial score (nSPS) is 11.0. The van der Waals surface area contributed by atoms with Gasteiger partial charge in [0, 0.05) is 5.56 Å². The van der Waals surface area contributed by atoms with E-state index in [9.17, 15) is 14.4 Å². The van der Waals surface area contributed by atoms with E-state index in [2.05, 4.69) is 11.8 Å². The van der Waals surface area contributed by atoms with Crippen LogP contribution in [0.25, 0.3) is 0 Å². The van der Waals surface area contributed by atoms with E-state index in [0.29, 0.717) is 5.56 Å². The van der Waals surface area contributed by atoms with Crippen molar-refractivity contribution in [3.63, 3.8) is 0 Å². The minimum atomic E-state index is -1.42. The van der Waals surface area contributed by atoms with Crippen molar-refractivity contribution in [3.05, 3.63) is 71.8 Å². The van der Waals surface area contributed by atoms with Gasteiger partial charge in [-0.3, -0.25) is 4.79 Å². The van der Waals surface area contributed by atoms with E-state index in [0.717, 1.165) is 0 Å². The fourth-order valence-electron chi connectivity index (χ4n) is 1.53. The van der Waals surface area contributed by atoms with Gasteiger partial charge in [-0.25, -0.2) is 9.59 Å². The van der Waals surface area contributed by atoms with Gasteiger partial charge in [0.25, 0.3) is 5.78 Å².